The van der Waals surface area contributed by atoms with Crippen LogP contribution in [-0.4, -0.2) is 0 Å². The molecule has 0 aliphatic heterocycles. The Kier molecular flexibility index (Phi) is 4.65. The summed E-state index contributed by atoms with van der Waals surface area (Å²) in [5, 5.41) is 0. The molecule has 0 amide bonds. The maximum atomic E-state index is 5.63. The molecule has 88 valence electrons. The molecule has 0 atom stereocenters. The molecule has 0 bridgehead atoms. The highest BCUT2D eigenvalue weighted by Crippen LogP contribution is 2.18. The van der Waals surface area contributed by atoms with Gasteiger partial charge in [-0.3, -0.25) is 0 Å². The molecule has 2 rings (SSSR count). The van der Waals surface area contributed by atoms with E-state index in [1.807, 2.05) is 11.8 Å². The van der Waals surface area contributed by atoms with Crippen molar-refractivity contribution in [2.45, 2.75) is 18.1 Å². The maximum absolute atomic E-state index is 5.63. The van der Waals surface area contributed by atoms with Gasteiger partial charge < -0.3 is 5.73 Å². The summed E-state index contributed by atoms with van der Waals surface area (Å²) in [5.41, 5.74) is 9.58. The minimum absolute atomic E-state index is 0.622. The van der Waals surface area contributed by atoms with Crippen molar-refractivity contribution in [3.63, 3.8) is 0 Å². The highest BCUT2D eigenvalue weighted by Gasteiger charge is 1.96. The van der Waals surface area contributed by atoms with E-state index in [0.717, 1.165) is 11.5 Å². The third-order valence-electron chi connectivity index (χ3n) is 2.61. The second-order valence-electron chi connectivity index (χ2n) is 4.00. The molecule has 2 heteroatoms. The van der Waals surface area contributed by atoms with Crippen molar-refractivity contribution < 1.29 is 0 Å². The first kappa shape index (κ1) is 12.2. The van der Waals surface area contributed by atoms with Gasteiger partial charge in [0.05, 0.1) is 0 Å². The standard InChI is InChI=1S/C15H17NS/c16-10-14-7-4-8-15(9-14)12-17-11-13-5-2-1-3-6-13/h1-9H,10-12,16H2. The SMILES string of the molecule is NCc1cccc(CSCc2ccccc2)c1. The van der Waals surface area contributed by atoms with Gasteiger partial charge in [0, 0.05) is 18.1 Å². The maximum Gasteiger partial charge on any atom is 0.0188 e. The lowest BCUT2D eigenvalue weighted by Gasteiger charge is -2.04. The Morgan fingerprint density at radius 2 is 1.41 bits per heavy atom. The fourth-order valence-corrected chi connectivity index (χ4v) is 2.65. The lowest BCUT2D eigenvalue weighted by molar-refractivity contribution is 1.06. The number of hydrogen-bond acceptors (Lipinski definition) is 2. The molecule has 2 N–H and O–H groups in total. The van der Waals surface area contributed by atoms with Crippen molar-refractivity contribution in [3.8, 4) is 0 Å². The summed E-state index contributed by atoms with van der Waals surface area (Å²) in [4.78, 5) is 0. The van der Waals surface area contributed by atoms with Gasteiger partial charge in [-0.2, -0.15) is 11.8 Å². The predicted molar refractivity (Wildman–Crippen MR) is 75.8 cm³/mol. The molecule has 0 fully saturated rings. The molecule has 17 heavy (non-hydrogen) atoms. The molecule has 0 heterocycles. The van der Waals surface area contributed by atoms with Crippen molar-refractivity contribution in [3.05, 3.63) is 71.3 Å². The van der Waals surface area contributed by atoms with Gasteiger partial charge in [0.1, 0.15) is 0 Å². The minimum atomic E-state index is 0.622. The Balaban J connectivity index is 1.86. The fraction of sp³-hybridized carbons (Fsp3) is 0.200. The van der Waals surface area contributed by atoms with Crippen LogP contribution in [0.5, 0.6) is 0 Å². The normalized spacial score (nSPS) is 10.4. The van der Waals surface area contributed by atoms with Gasteiger partial charge in [-0.25, -0.2) is 0 Å². The Labute approximate surface area is 107 Å². The van der Waals surface area contributed by atoms with E-state index in [1.54, 1.807) is 0 Å². The number of hydrogen-bond donors (Lipinski definition) is 1. The van der Waals surface area contributed by atoms with Crippen molar-refractivity contribution >= 4 is 11.8 Å². The molecule has 0 saturated heterocycles. The quantitative estimate of drug-likeness (QED) is 0.868. The third kappa shape index (κ3) is 3.91. The van der Waals surface area contributed by atoms with Gasteiger partial charge in [0.15, 0.2) is 0 Å². The molecule has 0 saturated carbocycles. The van der Waals surface area contributed by atoms with Crippen molar-refractivity contribution in [2.75, 3.05) is 0 Å². The van der Waals surface area contributed by atoms with Gasteiger partial charge >= 0.3 is 0 Å². The van der Waals surface area contributed by atoms with Crippen molar-refractivity contribution in [1.29, 1.82) is 0 Å². The Morgan fingerprint density at radius 3 is 2.18 bits per heavy atom. The minimum Gasteiger partial charge on any atom is -0.326 e. The molecule has 1 nitrogen and oxygen atoms in total. The summed E-state index contributed by atoms with van der Waals surface area (Å²) in [6, 6.07) is 19.1. The first-order chi connectivity index (χ1) is 8.38. The zero-order valence-corrected chi connectivity index (χ0v) is 10.6. The molecule has 0 aliphatic carbocycles. The Morgan fingerprint density at radius 1 is 0.765 bits per heavy atom. The molecule has 0 unspecified atom stereocenters. The zero-order chi connectivity index (χ0) is 11.9. The van der Waals surface area contributed by atoms with Crippen LogP contribution in [0.4, 0.5) is 0 Å². The largest absolute Gasteiger partial charge is 0.326 e. The predicted octanol–water partition coefficient (Wildman–Crippen LogP) is 3.58. The van der Waals surface area contributed by atoms with Crippen LogP contribution in [-0.2, 0) is 18.1 Å². The average Bonchev–Trinajstić information content (AvgIpc) is 2.40. The number of benzene rings is 2. The number of rotatable bonds is 5. The van der Waals surface area contributed by atoms with Crippen LogP contribution in [0.3, 0.4) is 0 Å². The smallest absolute Gasteiger partial charge is 0.0188 e. The third-order valence-corrected chi connectivity index (χ3v) is 3.68. The van der Waals surface area contributed by atoms with Gasteiger partial charge in [-0.1, -0.05) is 54.6 Å². The molecular formula is C15H17NS. The van der Waals surface area contributed by atoms with Crippen LogP contribution in [0.25, 0.3) is 0 Å². The van der Waals surface area contributed by atoms with Crippen LogP contribution in [0.15, 0.2) is 54.6 Å². The van der Waals surface area contributed by atoms with Gasteiger partial charge in [-0.15, -0.1) is 0 Å². The van der Waals surface area contributed by atoms with Gasteiger partial charge in [0.25, 0.3) is 0 Å². The summed E-state index contributed by atoms with van der Waals surface area (Å²) < 4.78 is 0. The van der Waals surface area contributed by atoms with Crippen LogP contribution in [0.2, 0.25) is 0 Å². The van der Waals surface area contributed by atoms with E-state index in [0.29, 0.717) is 6.54 Å². The van der Waals surface area contributed by atoms with E-state index in [2.05, 4.69) is 54.6 Å². The molecule has 0 radical (unpaired) electrons. The van der Waals surface area contributed by atoms with E-state index >= 15 is 0 Å². The lowest BCUT2D eigenvalue weighted by Crippen LogP contribution is -1.96. The second-order valence-corrected chi connectivity index (χ2v) is 4.99. The first-order valence-electron chi connectivity index (χ1n) is 5.78. The molecular weight excluding hydrogens is 226 g/mol. The number of thioether (sulfide) groups is 1. The second kappa shape index (κ2) is 6.48. The summed E-state index contributed by atoms with van der Waals surface area (Å²) >= 11 is 1.94. The van der Waals surface area contributed by atoms with E-state index < -0.39 is 0 Å². The van der Waals surface area contributed by atoms with Crippen LogP contribution >= 0.6 is 11.8 Å². The summed E-state index contributed by atoms with van der Waals surface area (Å²) in [6.45, 7) is 0.622. The summed E-state index contributed by atoms with van der Waals surface area (Å²) in [6.07, 6.45) is 0. The van der Waals surface area contributed by atoms with Crippen LogP contribution < -0.4 is 5.73 Å². The molecule has 2 aromatic carbocycles. The Hall–Kier alpha value is -1.25. The van der Waals surface area contributed by atoms with Crippen molar-refractivity contribution in [1.82, 2.24) is 0 Å². The van der Waals surface area contributed by atoms with Crippen LogP contribution in [0.1, 0.15) is 16.7 Å². The van der Waals surface area contributed by atoms with E-state index in [1.165, 1.54) is 16.7 Å². The zero-order valence-electron chi connectivity index (χ0n) is 9.80. The average molecular weight is 243 g/mol. The van der Waals surface area contributed by atoms with Gasteiger partial charge in [0.2, 0.25) is 0 Å². The fourth-order valence-electron chi connectivity index (χ4n) is 1.71. The summed E-state index contributed by atoms with van der Waals surface area (Å²) in [5.74, 6) is 2.11. The summed E-state index contributed by atoms with van der Waals surface area (Å²) in [7, 11) is 0. The molecule has 0 spiro atoms. The molecule has 0 aromatic heterocycles. The monoisotopic (exact) mass is 243 g/mol. The van der Waals surface area contributed by atoms with Gasteiger partial charge in [-0.05, 0) is 16.7 Å². The highest BCUT2D eigenvalue weighted by molar-refractivity contribution is 7.97. The molecule has 2 aromatic rings. The van der Waals surface area contributed by atoms with Crippen LogP contribution in [0, 0.1) is 0 Å². The first-order valence-corrected chi connectivity index (χ1v) is 6.93. The van der Waals surface area contributed by atoms with E-state index in [9.17, 15) is 0 Å². The van der Waals surface area contributed by atoms with Crippen molar-refractivity contribution in [2.24, 2.45) is 5.73 Å². The Bertz CT molecular complexity index is 453. The topological polar surface area (TPSA) is 26.0 Å². The van der Waals surface area contributed by atoms with E-state index in [4.69, 9.17) is 5.73 Å². The highest BCUT2D eigenvalue weighted by atomic mass is 32.2. The molecule has 0 aliphatic rings. The number of nitrogens with two attached hydrogens (primary N) is 1. The lowest BCUT2D eigenvalue weighted by atomic mass is 10.1. The van der Waals surface area contributed by atoms with E-state index in [-0.39, 0.29) is 0 Å².